The largest absolute Gasteiger partial charge is 0.339 e. The quantitative estimate of drug-likeness (QED) is 0.656. The number of rotatable bonds is 4. The second kappa shape index (κ2) is 6.59. The molecule has 0 spiro atoms. The van der Waals surface area contributed by atoms with Crippen molar-refractivity contribution >= 4 is 21.6 Å². The molecular formula is C17H16ClN5O3S. The molecular weight excluding hydrogens is 390 g/mol. The molecule has 0 unspecified atom stereocenters. The van der Waals surface area contributed by atoms with Crippen LogP contribution in [0, 0.1) is 0 Å². The Bertz CT molecular complexity index is 1150. The second-order valence-electron chi connectivity index (χ2n) is 6.36. The molecule has 0 radical (unpaired) electrons. The van der Waals surface area contributed by atoms with Crippen molar-refractivity contribution in [3.8, 4) is 11.3 Å². The number of aryl methyl sites for hydroxylation is 1. The maximum Gasteiger partial charge on any atom is 0.267 e. The highest BCUT2D eigenvalue weighted by molar-refractivity contribution is 7.89. The lowest BCUT2D eigenvalue weighted by Gasteiger charge is -2.37. The molecule has 27 heavy (non-hydrogen) atoms. The molecule has 8 nitrogen and oxygen atoms in total. The molecule has 0 N–H and O–H groups in total. The molecule has 0 saturated carbocycles. The Kier molecular flexibility index (Phi) is 4.37. The van der Waals surface area contributed by atoms with Crippen molar-refractivity contribution in [1.29, 1.82) is 0 Å². The maximum absolute atomic E-state index is 12.5. The number of benzene rings is 1. The monoisotopic (exact) mass is 405 g/mol. The Labute approximate surface area is 160 Å². The van der Waals surface area contributed by atoms with Crippen LogP contribution in [0.3, 0.4) is 0 Å². The number of imidazole rings is 1. The zero-order valence-corrected chi connectivity index (χ0v) is 15.9. The van der Waals surface area contributed by atoms with Crippen LogP contribution in [0.2, 0.25) is 5.02 Å². The van der Waals surface area contributed by atoms with Gasteiger partial charge in [0.1, 0.15) is 0 Å². The Balaban J connectivity index is 1.56. The van der Waals surface area contributed by atoms with Crippen molar-refractivity contribution in [1.82, 2.24) is 23.6 Å². The number of halogens is 1. The summed E-state index contributed by atoms with van der Waals surface area (Å²) in [5, 5.41) is 5.02. The Morgan fingerprint density at radius 2 is 1.81 bits per heavy atom. The Hall–Kier alpha value is -2.49. The lowest BCUT2D eigenvalue weighted by Crippen LogP contribution is -2.53. The normalized spacial score (nSPS) is 15.6. The fourth-order valence-corrected chi connectivity index (χ4v) is 4.49. The zero-order chi connectivity index (χ0) is 19.2. The average molecular weight is 406 g/mol. The van der Waals surface area contributed by atoms with Crippen molar-refractivity contribution in [3.05, 3.63) is 64.3 Å². The van der Waals surface area contributed by atoms with E-state index in [1.165, 1.54) is 27.6 Å². The molecule has 1 aliphatic rings. The molecule has 0 atom stereocenters. The molecule has 140 valence electrons. The van der Waals surface area contributed by atoms with Crippen molar-refractivity contribution in [3.63, 3.8) is 0 Å². The molecule has 3 aromatic rings. The van der Waals surface area contributed by atoms with E-state index in [0.717, 1.165) is 5.56 Å². The molecule has 3 heterocycles. The van der Waals surface area contributed by atoms with E-state index in [2.05, 4.69) is 10.1 Å². The third-order valence-electron chi connectivity index (χ3n) is 4.43. The van der Waals surface area contributed by atoms with Gasteiger partial charge in [-0.3, -0.25) is 4.79 Å². The fraction of sp³-hybridized carbons (Fsp3) is 0.235. The molecule has 0 bridgehead atoms. The summed E-state index contributed by atoms with van der Waals surface area (Å²) in [5.41, 5.74) is 1.18. The van der Waals surface area contributed by atoms with Gasteiger partial charge in [0.2, 0.25) is 0 Å². The van der Waals surface area contributed by atoms with Gasteiger partial charge in [0.05, 0.1) is 18.1 Å². The Morgan fingerprint density at radius 3 is 2.44 bits per heavy atom. The van der Waals surface area contributed by atoms with Crippen LogP contribution in [0.1, 0.15) is 6.04 Å². The predicted octanol–water partition coefficient (Wildman–Crippen LogP) is 1.54. The first-order chi connectivity index (χ1) is 12.8. The highest BCUT2D eigenvalue weighted by Gasteiger charge is 2.39. The lowest BCUT2D eigenvalue weighted by molar-refractivity contribution is 0.185. The molecule has 2 aromatic heterocycles. The van der Waals surface area contributed by atoms with Gasteiger partial charge >= 0.3 is 0 Å². The predicted molar refractivity (Wildman–Crippen MR) is 99.9 cm³/mol. The number of hydrogen-bond acceptors (Lipinski definition) is 5. The van der Waals surface area contributed by atoms with Crippen LogP contribution in [0.5, 0.6) is 0 Å². The van der Waals surface area contributed by atoms with Crippen LogP contribution in [0.25, 0.3) is 11.3 Å². The lowest BCUT2D eigenvalue weighted by atomic mass is 10.1. The number of nitrogens with zero attached hydrogens (tertiary/aromatic N) is 5. The summed E-state index contributed by atoms with van der Waals surface area (Å²) in [6.45, 7) is 0.353. The number of aromatic nitrogens is 4. The first kappa shape index (κ1) is 17.9. The highest BCUT2D eigenvalue weighted by atomic mass is 35.5. The maximum atomic E-state index is 12.5. The zero-order valence-electron chi connectivity index (χ0n) is 14.4. The Morgan fingerprint density at radius 1 is 1.11 bits per heavy atom. The van der Waals surface area contributed by atoms with E-state index in [1.807, 2.05) is 12.1 Å². The van der Waals surface area contributed by atoms with Gasteiger partial charge in [0, 0.05) is 43.0 Å². The molecule has 1 aliphatic heterocycles. The van der Waals surface area contributed by atoms with Gasteiger partial charge in [-0.25, -0.2) is 18.1 Å². The van der Waals surface area contributed by atoms with Gasteiger partial charge in [-0.1, -0.05) is 23.7 Å². The summed E-state index contributed by atoms with van der Waals surface area (Å²) in [6, 6.07) is 9.90. The van der Waals surface area contributed by atoms with Gasteiger partial charge in [0.15, 0.2) is 5.03 Å². The van der Waals surface area contributed by atoms with Gasteiger partial charge in [-0.05, 0) is 18.2 Å². The minimum Gasteiger partial charge on any atom is -0.339 e. The SMILES string of the molecule is Cn1cnc(S(=O)(=O)N2CC(n3nc(-c4ccc(Cl)cc4)ccc3=O)C2)c1. The number of hydrogen-bond donors (Lipinski definition) is 0. The van der Waals surface area contributed by atoms with Crippen LogP contribution in [0.4, 0.5) is 0 Å². The van der Waals surface area contributed by atoms with E-state index in [9.17, 15) is 13.2 Å². The molecule has 10 heteroatoms. The molecule has 0 aliphatic carbocycles. The first-order valence-corrected chi connectivity index (χ1v) is 10.0. The van der Waals surface area contributed by atoms with E-state index in [-0.39, 0.29) is 29.7 Å². The molecule has 4 rings (SSSR count). The van der Waals surface area contributed by atoms with Crippen LogP contribution >= 0.6 is 11.6 Å². The highest BCUT2D eigenvalue weighted by Crippen LogP contribution is 2.27. The molecule has 1 saturated heterocycles. The molecule has 0 amide bonds. The molecule has 1 fully saturated rings. The smallest absolute Gasteiger partial charge is 0.267 e. The summed E-state index contributed by atoms with van der Waals surface area (Å²) in [7, 11) is -1.95. The fourth-order valence-electron chi connectivity index (χ4n) is 2.88. The molecule has 1 aromatic carbocycles. The van der Waals surface area contributed by atoms with Crippen molar-refractivity contribution in [2.75, 3.05) is 13.1 Å². The van der Waals surface area contributed by atoms with E-state index < -0.39 is 10.0 Å². The van der Waals surface area contributed by atoms with E-state index in [4.69, 9.17) is 11.6 Å². The van der Waals surface area contributed by atoms with E-state index in [0.29, 0.717) is 10.7 Å². The third kappa shape index (κ3) is 3.29. The van der Waals surface area contributed by atoms with Gasteiger partial charge in [0.25, 0.3) is 15.6 Å². The van der Waals surface area contributed by atoms with Crippen LogP contribution in [-0.4, -0.2) is 45.1 Å². The van der Waals surface area contributed by atoms with E-state index >= 15 is 0 Å². The summed E-state index contributed by atoms with van der Waals surface area (Å²) in [5.74, 6) is 0. The topological polar surface area (TPSA) is 90.1 Å². The van der Waals surface area contributed by atoms with E-state index in [1.54, 1.807) is 29.8 Å². The summed E-state index contributed by atoms with van der Waals surface area (Å²) < 4.78 is 29.3. The van der Waals surface area contributed by atoms with Crippen molar-refractivity contribution < 1.29 is 8.42 Å². The summed E-state index contributed by atoms with van der Waals surface area (Å²) >= 11 is 5.90. The van der Waals surface area contributed by atoms with Gasteiger partial charge in [-0.2, -0.15) is 9.40 Å². The average Bonchev–Trinajstić information content (AvgIpc) is 3.03. The minimum absolute atomic E-state index is 0.00123. The van der Waals surface area contributed by atoms with Crippen LogP contribution in [0.15, 0.2) is 58.7 Å². The minimum atomic E-state index is -3.66. The third-order valence-corrected chi connectivity index (χ3v) is 6.39. The summed E-state index contributed by atoms with van der Waals surface area (Å²) in [6.07, 6.45) is 2.89. The summed E-state index contributed by atoms with van der Waals surface area (Å²) in [4.78, 5) is 16.1. The standard InChI is InChI=1S/C17H16ClN5O3S/c1-21-10-16(19-11-21)27(25,26)22-8-14(9-22)23-17(24)7-6-15(20-23)12-2-4-13(18)5-3-12/h2-7,10-11,14H,8-9H2,1H3. The second-order valence-corrected chi connectivity index (χ2v) is 8.68. The van der Waals surface area contributed by atoms with Crippen molar-refractivity contribution in [2.45, 2.75) is 11.1 Å². The van der Waals surface area contributed by atoms with Crippen LogP contribution in [-0.2, 0) is 17.1 Å². The number of sulfonamides is 1. The van der Waals surface area contributed by atoms with Crippen LogP contribution < -0.4 is 5.56 Å². The van der Waals surface area contributed by atoms with Crippen molar-refractivity contribution in [2.24, 2.45) is 7.05 Å². The first-order valence-electron chi connectivity index (χ1n) is 8.18. The van der Waals surface area contributed by atoms with Gasteiger partial charge < -0.3 is 4.57 Å². The van der Waals surface area contributed by atoms with Gasteiger partial charge in [-0.15, -0.1) is 0 Å².